The monoisotopic (exact) mass is 253 g/mol. The molecule has 0 spiro atoms. The van der Waals surface area contributed by atoms with Gasteiger partial charge in [0.25, 0.3) is 0 Å². The molecule has 0 radical (unpaired) electrons. The zero-order chi connectivity index (χ0) is 11.9. The highest BCUT2D eigenvalue weighted by Crippen LogP contribution is 2.16. The first-order valence-corrected chi connectivity index (χ1v) is 6.78. The van der Waals surface area contributed by atoms with E-state index in [1.54, 1.807) is 0 Å². The summed E-state index contributed by atoms with van der Waals surface area (Å²) in [5.74, 6) is 0. The molecule has 0 saturated carbocycles. The van der Waals surface area contributed by atoms with Gasteiger partial charge in [0.05, 0.1) is 6.61 Å². The first-order chi connectivity index (χ1) is 8.36. The average molecular weight is 254 g/mol. The Bertz CT molecular complexity index is 337. The number of nitrogens with one attached hydrogen (secondary N) is 1. The van der Waals surface area contributed by atoms with Crippen molar-refractivity contribution < 1.29 is 4.74 Å². The summed E-state index contributed by atoms with van der Waals surface area (Å²) in [6.45, 7) is 2.59. The Morgan fingerprint density at radius 2 is 2.18 bits per heavy atom. The fourth-order valence-corrected chi connectivity index (χ4v) is 2.38. The minimum Gasteiger partial charge on any atom is -0.377 e. The van der Waals surface area contributed by atoms with Crippen LogP contribution in [0, 0.1) is 0 Å². The molecule has 17 heavy (non-hydrogen) atoms. The van der Waals surface area contributed by atoms with Gasteiger partial charge in [-0.25, -0.2) is 0 Å². The standard InChI is InChI=1S/C14H20ClNO/c15-14-7-2-1-5-12(14)11-17-10-8-13-6-3-4-9-16-13/h1-2,5,7,13,16H,3-4,6,8-11H2/t13-/m1/s1. The van der Waals surface area contributed by atoms with E-state index in [2.05, 4.69) is 5.32 Å². The molecule has 0 aromatic heterocycles. The number of benzene rings is 1. The second-order valence-corrected chi connectivity index (χ2v) is 4.99. The van der Waals surface area contributed by atoms with Crippen LogP contribution in [0.25, 0.3) is 0 Å². The Kier molecular flexibility index (Phi) is 5.30. The van der Waals surface area contributed by atoms with E-state index in [0.717, 1.165) is 30.2 Å². The van der Waals surface area contributed by atoms with Gasteiger partial charge in [-0.2, -0.15) is 0 Å². The van der Waals surface area contributed by atoms with Crippen molar-refractivity contribution in [3.63, 3.8) is 0 Å². The number of halogens is 1. The summed E-state index contributed by atoms with van der Waals surface area (Å²) < 4.78 is 5.68. The van der Waals surface area contributed by atoms with Crippen molar-refractivity contribution in [2.24, 2.45) is 0 Å². The van der Waals surface area contributed by atoms with Gasteiger partial charge in [0.1, 0.15) is 0 Å². The van der Waals surface area contributed by atoms with E-state index < -0.39 is 0 Å². The molecule has 1 aliphatic heterocycles. The molecule has 3 heteroatoms. The van der Waals surface area contributed by atoms with E-state index >= 15 is 0 Å². The van der Waals surface area contributed by atoms with Gasteiger partial charge in [-0.05, 0) is 37.4 Å². The van der Waals surface area contributed by atoms with Crippen molar-refractivity contribution in [1.29, 1.82) is 0 Å². The smallest absolute Gasteiger partial charge is 0.0731 e. The molecular formula is C14H20ClNO. The highest BCUT2D eigenvalue weighted by molar-refractivity contribution is 6.31. The van der Waals surface area contributed by atoms with Gasteiger partial charge in [0.15, 0.2) is 0 Å². The number of rotatable bonds is 5. The van der Waals surface area contributed by atoms with Gasteiger partial charge in [-0.1, -0.05) is 36.2 Å². The Morgan fingerprint density at radius 3 is 2.94 bits per heavy atom. The van der Waals surface area contributed by atoms with Crippen LogP contribution in [0.2, 0.25) is 5.02 Å². The third-order valence-corrected chi connectivity index (χ3v) is 3.61. The van der Waals surface area contributed by atoms with Gasteiger partial charge in [-0.3, -0.25) is 0 Å². The van der Waals surface area contributed by atoms with Crippen LogP contribution in [-0.4, -0.2) is 19.2 Å². The molecule has 1 saturated heterocycles. The second kappa shape index (κ2) is 7.00. The molecule has 0 unspecified atom stereocenters. The topological polar surface area (TPSA) is 21.3 Å². The van der Waals surface area contributed by atoms with Gasteiger partial charge in [0.2, 0.25) is 0 Å². The van der Waals surface area contributed by atoms with E-state index in [4.69, 9.17) is 16.3 Å². The Labute approximate surface area is 108 Å². The van der Waals surface area contributed by atoms with Crippen LogP contribution in [0.3, 0.4) is 0 Å². The second-order valence-electron chi connectivity index (χ2n) is 4.58. The summed E-state index contributed by atoms with van der Waals surface area (Å²) in [4.78, 5) is 0. The zero-order valence-electron chi connectivity index (χ0n) is 10.1. The normalized spacial score (nSPS) is 20.4. The fraction of sp³-hybridized carbons (Fsp3) is 0.571. The molecule has 1 N–H and O–H groups in total. The van der Waals surface area contributed by atoms with Crippen molar-refractivity contribution in [1.82, 2.24) is 5.32 Å². The van der Waals surface area contributed by atoms with Crippen molar-refractivity contribution in [3.8, 4) is 0 Å². The van der Waals surface area contributed by atoms with Crippen LogP contribution in [0.5, 0.6) is 0 Å². The van der Waals surface area contributed by atoms with E-state index in [1.807, 2.05) is 24.3 Å². The Balaban J connectivity index is 1.64. The molecule has 0 aliphatic carbocycles. The molecule has 1 aliphatic rings. The van der Waals surface area contributed by atoms with E-state index in [1.165, 1.54) is 19.3 Å². The maximum Gasteiger partial charge on any atom is 0.0731 e. The van der Waals surface area contributed by atoms with Crippen LogP contribution in [-0.2, 0) is 11.3 Å². The minimum atomic E-state index is 0.617. The highest BCUT2D eigenvalue weighted by Gasteiger charge is 2.11. The van der Waals surface area contributed by atoms with Gasteiger partial charge in [0, 0.05) is 17.7 Å². The Morgan fingerprint density at radius 1 is 1.29 bits per heavy atom. The van der Waals surface area contributed by atoms with E-state index in [0.29, 0.717) is 12.6 Å². The largest absolute Gasteiger partial charge is 0.377 e. The maximum atomic E-state index is 6.06. The lowest BCUT2D eigenvalue weighted by molar-refractivity contribution is 0.108. The summed E-state index contributed by atoms with van der Waals surface area (Å²) >= 11 is 6.06. The van der Waals surface area contributed by atoms with Crippen molar-refractivity contribution in [2.75, 3.05) is 13.2 Å². The first-order valence-electron chi connectivity index (χ1n) is 6.41. The summed E-state index contributed by atoms with van der Waals surface area (Å²) in [6.07, 6.45) is 5.05. The highest BCUT2D eigenvalue weighted by atomic mass is 35.5. The summed E-state index contributed by atoms with van der Waals surface area (Å²) in [6, 6.07) is 8.50. The molecule has 1 aromatic carbocycles. The lowest BCUT2D eigenvalue weighted by Gasteiger charge is -2.23. The lowest BCUT2D eigenvalue weighted by Crippen LogP contribution is -2.34. The zero-order valence-corrected chi connectivity index (χ0v) is 10.9. The molecule has 0 bridgehead atoms. The number of hydrogen-bond acceptors (Lipinski definition) is 2. The summed E-state index contributed by atoms with van der Waals surface area (Å²) in [5.41, 5.74) is 1.07. The van der Waals surface area contributed by atoms with E-state index in [-0.39, 0.29) is 0 Å². The van der Waals surface area contributed by atoms with Gasteiger partial charge in [-0.15, -0.1) is 0 Å². The molecule has 2 rings (SSSR count). The van der Waals surface area contributed by atoms with Gasteiger partial charge >= 0.3 is 0 Å². The molecule has 0 amide bonds. The quantitative estimate of drug-likeness (QED) is 0.813. The van der Waals surface area contributed by atoms with Crippen LogP contribution in [0.1, 0.15) is 31.2 Å². The molecule has 1 aromatic rings. The van der Waals surface area contributed by atoms with Crippen molar-refractivity contribution in [2.45, 2.75) is 38.3 Å². The van der Waals surface area contributed by atoms with Crippen molar-refractivity contribution >= 4 is 11.6 Å². The molecule has 1 atom stereocenters. The third kappa shape index (κ3) is 4.30. The summed E-state index contributed by atoms with van der Waals surface area (Å²) in [5, 5.41) is 4.32. The number of hydrogen-bond donors (Lipinski definition) is 1. The maximum absolute atomic E-state index is 6.06. The molecular weight excluding hydrogens is 234 g/mol. The molecule has 1 heterocycles. The fourth-order valence-electron chi connectivity index (χ4n) is 2.19. The predicted molar refractivity (Wildman–Crippen MR) is 71.4 cm³/mol. The molecule has 94 valence electrons. The lowest BCUT2D eigenvalue weighted by atomic mass is 10.0. The number of piperidine rings is 1. The predicted octanol–water partition coefficient (Wildman–Crippen LogP) is 3.39. The molecule has 2 nitrogen and oxygen atoms in total. The first kappa shape index (κ1) is 12.9. The van der Waals surface area contributed by atoms with Crippen LogP contribution >= 0.6 is 11.6 Å². The van der Waals surface area contributed by atoms with Crippen molar-refractivity contribution in [3.05, 3.63) is 34.9 Å². The van der Waals surface area contributed by atoms with Gasteiger partial charge < -0.3 is 10.1 Å². The van der Waals surface area contributed by atoms with Crippen LogP contribution in [0.4, 0.5) is 0 Å². The molecule has 1 fully saturated rings. The Hall–Kier alpha value is -0.570. The third-order valence-electron chi connectivity index (χ3n) is 3.24. The summed E-state index contributed by atoms with van der Waals surface area (Å²) in [7, 11) is 0. The van der Waals surface area contributed by atoms with E-state index in [9.17, 15) is 0 Å². The van der Waals surface area contributed by atoms with Crippen LogP contribution < -0.4 is 5.32 Å². The SMILES string of the molecule is Clc1ccccc1COCC[C@H]1CCCCN1. The number of ether oxygens (including phenoxy) is 1. The average Bonchev–Trinajstić information content (AvgIpc) is 2.38. The van der Waals surface area contributed by atoms with Crippen LogP contribution in [0.15, 0.2) is 24.3 Å². The minimum absolute atomic E-state index is 0.617.